The molecule has 0 saturated carbocycles. The molecular formula is C24H25N5O2. The number of anilines is 1. The van der Waals surface area contributed by atoms with Crippen molar-refractivity contribution in [3.63, 3.8) is 0 Å². The monoisotopic (exact) mass is 415 g/mol. The molecule has 3 aromatic rings. The van der Waals surface area contributed by atoms with E-state index < -0.39 is 6.04 Å². The fourth-order valence-electron chi connectivity index (χ4n) is 3.86. The molecule has 1 unspecified atom stereocenters. The Morgan fingerprint density at radius 2 is 2.06 bits per heavy atom. The summed E-state index contributed by atoms with van der Waals surface area (Å²) >= 11 is 0. The lowest BCUT2D eigenvalue weighted by Gasteiger charge is -2.23. The first-order valence-corrected chi connectivity index (χ1v) is 10.5. The van der Waals surface area contributed by atoms with Crippen LogP contribution in [-0.4, -0.2) is 29.4 Å². The lowest BCUT2D eigenvalue weighted by atomic mass is 10.1. The molecule has 1 atom stereocenters. The van der Waals surface area contributed by atoms with Crippen molar-refractivity contribution >= 4 is 28.5 Å². The molecule has 1 fully saturated rings. The number of nitrogens with zero attached hydrogens (tertiary/aromatic N) is 3. The number of guanidine groups is 1. The van der Waals surface area contributed by atoms with Crippen molar-refractivity contribution in [2.75, 3.05) is 11.9 Å². The van der Waals surface area contributed by atoms with Gasteiger partial charge in [-0.1, -0.05) is 30.3 Å². The van der Waals surface area contributed by atoms with Crippen LogP contribution in [0.4, 0.5) is 5.69 Å². The van der Waals surface area contributed by atoms with Gasteiger partial charge in [-0.3, -0.25) is 10.1 Å². The van der Waals surface area contributed by atoms with Gasteiger partial charge in [0, 0.05) is 24.2 Å². The molecule has 0 radical (unpaired) electrons. The van der Waals surface area contributed by atoms with E-state index >= 15 is 0 Å². The number of furan rings is 1. The number of benzene rings is 2. The van der Waals surface area contributed by atoms with Gasteiger partial charge in [-0.2, -0.15) is 5.26 Å². The van der Waals surface area contributed by atoms with Gasteiger partial charge in [0.15, 0.2) is 6.19 Å². The Labute approximate surface area is 181 Å². The Morgan fingerprint density at radius 3 is 2.87 bits per heavy atom. The van der Waals surface area contributed by atoms with E-state index in [1.807, 2.05) is 72.6 Å². The summed E-state index contributed by atoms with van der Waals surface area (Å²) in [4.78, 5) is 19.6. The van der Waals surface area contributed by atoms with Gasteiger partial charge in [-0.15, -0.1) is 0 Å². The minimum atomic E-state index is -0.533. The summed E-state index contributed by atoms with van der Waals surface area (Å²) in [5.74, 6) is 1.09. The van der Waals surface area contributed by atoms with Crippen molar-refractivity contribution in [3.8, 4) is 6.19 Å². The van der Waals surface area contributed by atoms with Crippen molar-refractivity contribution in [3.05, 3.63) is 65.9 Å². The predicted molar refractivity (Wildman–Crippen MR) is 120 cm³/mol. The van der Waals surface area contributed by atoms with Crippen molar-refractivity contribution in [1.82, 2.24) is 10.2 Å². The number of rotatable bonds is 4. The topological polar surface area (TPSA) is 93.7 Å². The van der Waals surface area contributed by atoms with Gasteiger partial charge in [-0.25, -0.2) is 4.99 Å². The number of likely N-dealkylation sites (tertiary alicyclic amines) is 1. The number of fused-ring (bicyclic) bond motifs is 1. The highest BCUT2D eigenvalue weighted by Gasteiger charge is 2.27. The maximum absolute atomic E-state index is 13.2. The number of hydrogen-bond acceptors (Lipinski definition) is 4. The van der Waals surface area contributed by atoms with Crippen LogP contribution in [-0.2, 0) is 11.3 Å². The van der Waals surface area contributed by atoms with E-state index in [1.165, 1.54) is 0 Å². The second-order valence-corrected chi connectivity index (χ2v) is 7.71. The highest BCUT2D eigenvalue weighted by Crippen LogP contribution is 2.23. The van der Waals surface area contributed by atoms with Gasteiger partial charge in [0.1, 0.15) is 17.4 Å². The van der Waals surface area contributed by atoms with Crippen LogP contribution in [0.15, 0.2) is 64.0 Å². The van der Waals surface area contributed by atoms with Gasteiger partial charge < -0.3 is 14.6 Å². The van der Waals surface area contributed by atoms with Crippen LogP contribution >= 0.6 is 0 Å². The standard InChI is InChI=1S/C24H25N5O2/c1-17-13-19-14-20(10-11-22(19)31-17)27-24(26-16-25)28-21-9-5-6-12-29(23(21)30)15-18-7-3-2-4-8-18/h2-4,7-8,10-11,13-14,21H,5-6,9,12,15H2,1H3,(H2,26,27,28). The van der Waals surface area contributed by atoms with Gasteiger partial charge in [0.05, 0.1) is 0 Å². The average molecular weight is 415 g/mol. The zero-order chi connectivity index (χ0) is 21.6. The minimum Gasteiger partial charge on any atom is -0.461 e. The van der Waals surface area contributed by atoms with Crippen LogP contribution in [0.1, 0.15) is 30.6 Å². The molecule has 1 aliphatic heterocycles. The molecule has 0 aliphatic carbocycles. The summed E-state index contributed by atoms with van der Waals surface area (Å²) < 4.78 is 5.61. The number of carbonyl (C=O) groups is 1. The van der Waals surface area contributed by atoms with Gasteiger partial charge in [0.2, 0.25) is 11.9 Å². The van der Waals surface area contributed by atoms with Crippen molar-refractivity contribution in [1.29, 1.82) is 5.26 Å². The average Bonchev–Trinajstić information content (AvgIpc) is 3.06. The third-order valence-electron chi connectivity index (χ3n) is 5.33. The van der Waals surface area contributed by atoms with Crippen LogP contribution in [0, 0.1) is 18.4 Å². The molecule has 1 amide bonds. The predicted octanol–water partition coefficient (Wildman–Crippen LogP) is 4.16. The lowest BCUT2D eigenvalue weighted by Crippen LogP contribution is -2.38. The summed E-state index contributed by atoms with van der Waals surface area (Å²) in [7, 11) is 0. The third kappa shape index (κ3) is 5.04. The smallest absolute Gasteiger partial charge is 0.247 e. The molecule has 0 bridgehead atoms. The summed E-state index contributed by atoms with van der Waals surface area (Å²) in [5.41, 5.74) is 2.65. The maximum Gasteiger partial charge on any atom is 0.247 e. The molecule has 31 heavy (non-hydrogen) atoms. The Kier molecular flexibility index (Phi) is 6.18. The summed E-state index contributed by atoms with van der Waals surface area (Å²) in [5, 5.41) is 15.9. The van der Waals surface area contributed by atoms with E-state index in [0.29, 0.717) is 19.5 Å². The normalized spacial score (nSPS) is 17.3. The first kappa shape index (κ1) is 20.5. The number of hydrogen-bond donors (Lipinski definition) is 2. The summed E-state index contributed by atoms with van der Waals surface area (Å²) in [6, 6.07) is 17.0. The second kappa shape index (κ2) is 9.35. The minimum absolute atomic E-state index is 0.0127. The van der Waals surface area contributed by atoms with Crippen molar-refractivity contribution < 1.29 is 9.21 Å². The van der Waals surface area contributed by atoms with Crippen LogP contribution < -0.4 is 10.6 Å². The second-order valence-electron chi connectivity index (χ2n) is 7.71. The SMILES string of the molecule is Cc1cc2cc(NC(=NC3CCCCN(Cc4ccccc4)C3=O)NC#N)ccc2o1. The number of aryl methyl sites for hydroxylation is 1. The number of nitrogens with one attached hydrogen (secondary N) is 2. The highest BCUT2D eigenvalue weighted by atomic mass is 16.3. The molecule has 1 saturated heterocycles. The van der Waals surface area contributed by atoms with Gasteiger partial charge in [-0.05, 0) is 56.0 Å². The largest absolute Gasteiger partial charge is 0.461 e. The Bertz CT molecular complexity index is 1130. The molecule has 0 spiro atoms. The zero-order valence-electron chi connectivity index (χ0n) is 17.5. The quantitative estimate of drug-likeness (QED) is 0.289. The fraction of sp³-hybridized carbons (Fsp3) is 0.292. The molecule has 2 heterocycles. The third-order valence-corrected chi connectivity index (χ3v) is 5.33. The first-order valence-electron chi connectivity index (χ1n) is 10.5. The van der Waals surface area contributed by atoms with E-state index in [-0.39, 0.29) is 11.9 Å². The molecule has 158 valence electrons. The fourth-order valence-corrected chi connectivity index (χ4v) is 3.86. The van der Waals surface area contributed by atoms with Gasteiger partial charge >= 0.3 is 0 Å². The lowest BCUT2D eigenvalue weighted by molar-refractivity contribution is -0.132. The molecule has 1 aliphatic rings. The number of amides is 1. The molecular weight excluding hydrogens is 390 g/mol. The molecule has 4 rings (SSSR count). The van der Waals surface area contributed by atoms with Gasteiger partial charge in [0.25, 0.3) is 0 Å². The van der Waals surface area contributed by atoms with Crippen LogP contribution in [0.3, 0.4) is 0 Å². The Morgan fingerprint density at radius 1 is 1.23 bits per heavy atom. The first-order chi connectivity index (χ1) is 15.1. The van der Waals surface area contributed by atoms with Crippen molar-refractivity contribution in [2.45, 2.75) is 38.8 Å². The van der Waals surface area contributed by atoms with E-state index in [9.17, 15) is 10.1 Å². The summed E-state index contributed by atoms with van der Waals surface area (Å²) in [6.45, 7) is 3.18. The zero-order valence-corrected chi connectivity index (χ0v) is 17.5. The summed E-state index contributed by atoms with van der Waals surface area (Å²) in [6.07, 6.45) is 4.42. The molecule has 7 heteroatoms. The molecule has 7 nitrogen and oxygen atoms in total. The number of nitriles is 1. The molecule has 2 N–H and O–H groups in total. The van der Waals surface area contributed by atoms with Crippen LogP contribution in [0.5, 0.6) is 0 Å². The van der Waals surface area contributed by atoms with Crippen LogP contribution in [0.25, 0.3) is 11.0 Å². The highest BCUT2D eigenvalue weighted by molar-refractivity contribution is 5.98. The Balaban J connectivity index is 1.54. The Hall–Kier alpha value is -3.79. The number of carbonyl (C=O) groups excluding carboxylic acids is 1. The van der Waals surface area contributed by atoms with E-state index in [0.717, 1.165) is 40.8 Å². The van der Waals surface area contributed by atoms with E-state index in [2.05, 4.69) is 15.6 Å². The number of aliphatic imine (C=N–C) groups is 1. The molecule has 2 aromatic carbocycles. The maximum atomic E-state index is 13.2. The molecule has 1 aromatic heterocycles. The van der Waals surface area contributed by atoms with Crippen molar-refractivity contribution in [2.24, 2.45) is 4.99 Å². The van der Waals surface area contributed by atoms with E-state index in [4.69, 9.17) is 4.42 Å². The van der Waals surface area contributed by atoms with Crippen LogP contribution in [0.2, 0.25) is 0 Å². The van der Waals surface area contributed by atoms with E-state index in [1.54, 1.807) is 0 Å².